The molecule has 0 aliphatic rings. The molecule has 0 saturated carbocycles. The summed E-state index contributed by atoms with van der Waals surface area (Å²) in [7, 11) is 0. The molecule has 0 aliphatic carbocycles. The van der Waals surface area contributed by atoms with Crippen LogP contribution in [0.25, 0.3) is 11.4 Å². The number of hydrogen-bond acceptors (Lipinski definition) is 3. The molecule has 0 radical (unpaired) electrons. The first kappa shape index (κ1) is 14.6. The molecule has 0 aliphatic heterocycles. The highest BCUT2D eigenvalue weighted by Crippen LogP contribution is 2.22. The van der Waals surface area contributed by atoms with Crippen LogP contribution >= 0.6 is 11.6 Å². The maximum absolute atomic E-state index is 5.93. The summed E-state index contributed by atoms with van der Waals surface area (Å²) in [5, 5.41) is 7.84. The molecule has 1 aromatic heterocycles. The minimum Gasteiger partial charge on any atom is -0.485 e. The van der Waals surface area contributed by atoms with Crippen molar-refractivity contribution >= 4 is 11.6 Å². The first-order chi connectivity index (χ1) is 10.6. The van der Waals surface area contributed by atoms with Crippen molar-refractivity contribution in [3.63, 3.8) is 0 Å². The second-order valence-corrected chi connectivity index (χ2v) is 5.61. The van der Waals surface area contributed by atoms with Crippen LogP contribution in [-0.2, 0) is 6.61 Å². The van der Waals surface area contributed by atoms with E-state index in [1.807, 2.05) is 49.4 Å². The molecule has 0 saturated heterocycles. The molecular formula is C17H16ClN3O. The fourth-order valence-corrected chi connectivity index (χ4v) is 2.34. The largest absolute Gasteiger partial charge is 0.485 e. The lowest BCUT2D eigenvalue weighted by molar-refractivity contribution is 0.294. The number of aryl methyl sites for hydroxylation is 2. The van der Waals surface area contributed by atoms with Crippen LogP contribution in [0.2, 0.25) is 5.02 Å². The molecule has 0 fully saturated rings. The highest BCUT2D eigenvalue weighted by molar-refractivity contribution is 6.30. The van der Waals surface area contributed by atoms with Crippen molar-refractivity contribution in [1.29, 1.82) is 0 Å². The van der Waals surface area contributed by atoms with Gasteiger partial charge in [0.05, 0.1) is 0 Å². The van der Waals surface area contributed by atoms with Gasteiger partial charge in [-0.2, -0.15) is 5.10 Å². The molecule has 0 atom stereocenters. The van der Waals surface area contributed by atoms with Gasteiger partial charge in [0.2, 0.25) is 0 Å². The first-order valence-electron chi connectivity index (χ1n) is 6.99. The van der Waals surface area contributed by atoms with Crippen molar-refractivity contribution < 1.29 is 4.74 Å². The van der Waals surface area contributed by atoms with E-state index in [0.29, 0.717) is 23.3 Å². The number of aromatic nitrogens is 3. The van der Waals surface area contributed by atoms with Gasteiger partial charge in [0.25, 0.3) is 0 Å². The Bertz CT molecular complexity index is 781. The van der Waals surface area contributed by atoms with Gasteiger partial charge in [-0.15, -0.1) is 0 Å². The number of benzene rings is 2. The van der Waals surface area contributed by atoms with Crippen LogP contribution in [0.3, 0.4) is 0 Å². The first-order valence-corrected chi connectivity index (χ1v) is 7.37. The fraction of sp³-hybridized carbons (Fsp3) is 0.176. The summed E-state index contributed by atoms with van der Waals surface area (Å²) in [5.41, 5.74) is 3.18. The number of H-pyrrole nitrogens is 1. The predicted molar refractivity (Wildman–Crippen MR) is 87.1 cm³/mol. The Labute approximate surface area is 134 Å². The maximum Gasteiger partial charge on any atom is 0.181 e. The number of nitrogens with zero attached hydrogens (tertiary/aromatic N) is 2. The van der Waals surface area contributed by atoms with E-state index >= 15 is 0 Å². The minimum absolute atomic E-state index is 0.335. The smallest absolute Gasteiger partial charge is 0.181 e. The van der Waals surface area contributed by atoms with Crippen molar-refractivity contribution in [2.75, 3.05) is 0 Å². The van der Waals surface area contributed by atoms with E-state index in [1.165, 1.54) is 5.56 Å². The van der Waals surface area contributed by atoms with Crippen molar-refractivity contribution in [3.05, 3.63) is 64.4 Å². The summed E-state index contributed by atoms with van der Waals surface area (Å²) >= 11 is 5.93. The number of hydrogen-bond donors (Lipinski definition) is 1. The summed E-state index contributed by atoms with van der Waals surface area (Å²) in [5.74, 6) is 2.15. The SMILES string of the molecule is Cc1ccc(-c2n[nH]c(COc3ccc(Cl)cc3C)n2)cc1. The molecule has 22 heavy (non-hydrogen) atoms. The summed E-state index contributed by atoms with van der Waals surface area (Å²) in [6.07, 6.45) is 0. The van der Waals surface area contributed by atoms with Gasteiger partial charge in [-0.05, 0) is 37.6 Å². The Morgan fingerprint density at radius 2 is 1.86 bits per heavy atom. The van der Waals surface area contributed by atoms with Gasteiger partial charge in [0.15, 0.2) is 11.6 Å². The summed E-state index contributed by atoms with van der Waals surface area (Å²) < 4.78 is 5.75. The lowest BCUT2D eigenvalue weighted by Crippen LogP contribution is -1.99. The monoisotopic (exact) mass is 313 g/mol. The quantitative estimate of drug-likeness (QED) is 0.780. The van der Waals surface area contributed by atoms with Gasteiger partial charge >= 0.3 is 0 Å². The number of halogens is 1. The van der Waals surface area contributed by atoms with E-state index in [9.17, 15) is 0 Å². The minimum atomic E-state index is 0.335. The van der Waals surface area contributed by atoms with Crippen molar-refractivity contribution in [2.45, 2.75) is 20.5 Å². The fourth-order valence-electron chi connectivity index (χ4n) is 2.11. The highest BCUT2D eigenvalue weighted by Gasteiger charge is 2.07. The second-order valence-electron chi connectivity index (χ2n) is 5.17. The molecule has 1 N–H and O–H groups in total. The standard InChI is InChI=1S/C17H16ClN3O/c1-11-3-5-13(6-4-11)17-19-16(20-21-17)10-22-15-8-7-14(18)9-12(15)2/h3-9H,10H2,1-2H3,(H,19,20,21). The van der Waals surface area contributed by atoms with Gasteiger partial charge in [-0.1, -0.05) is 41.4 Å². The molecule has 0 amide bonds. The van der Waals surface area contributed by atoms with Crippen LogP contribution in [0.4, 0.5) is 0 Å². The van der Waals surface area contributed by atoms with Crippen molar-refractivity contribution in [1.82, 2.24) is 15.2 Å². The van der Waals surface area contributed by atoms with Crippen LogP contribution in [-0.4, -0.2) is 15.2 Å². The molecule has 112 valence electrons. The Balaban J connectivity index is 1.70. The maximum atomic E-state index is 5.93. The molecule has 1 heterocycles. The van der Waals surface area contributed by atoms with Crippen molar-refractivity contribution in [2.24, 2.45) is 0 Å². The Kier molecular flexibility index (Phi) is 4.11. The molecular weight excluding hydrogens is 298 g/mol. The molecule has 3 aromatic rings. The zero-order chi connectivity index (χ0) is 15.5. The van der Waals surface area contributed by atoms with E-state index < -0.39 is 0 Å². The normalized spacial score (nSPS) is 10.7. The van der Waals surface area contributed by atoms with Gasteiger partial charge in [0, 0.05) is 10.6 Å². The van der Waals surface area contributed by atoms with Crippen LogP contribution in [0.5, 0.6) is 5.75 Å². The van der Waals surface area contributed by atoms with Gasteiger partial charge < -0.3 is 4.74 Å². The van der Waals surface area contributed by atoms with Crippen LogP contribution in [0.15, 0.2) is 42.5 Å². The van der Waals surface area contributed by atoms with Crippen LogP contribution in [0.1, 0.15) is 17.0 Å². The summed E-state index contributed by atoms with van der Waals surface area (Å²) in [6, 6.07) is 13.6. The van der Waals surface area contributed by atoms with E-state index in [4.69, 9.17) is 16.3 Å². The van der Waals surface area contributed by atoms with Gasteiger partial charge in [-0.3, -0.25) is 5.10 Å². The topological polar surface area (TPSA) is 50.8 Å². The molecule has 0 spiro atoms. The van der Waals surface area contributed by atoms with E-state index in [1.54, 1.807) is 0 Å². The average molecular weight is 314 g/mol. The lowest BCUT2D eigenvalue weighted by atomic mass is 10.1. The predicted octanol–water partition coefficient (Wildman–Crippen LogP) is 4.32. The van der Waals surface area contributed by atoms with Gasteiger partial charge in [0.1, 0.15) is 12.4 Å². The number of rotatable bonds is 4. The molecule has 0 bridgehead atoms. The zero-order valence-electron chi connectivity index (χ0n) is 12.4. The Morgan fingerprint density at radius 3 is 2.59 bits per heavy atom. The van der Waals surface area contributed by atoms with Gasteiger partial charge in [-0.25, -0.2) is 4.98 Å². The molecule has 2 aromatic carbocycles. The third kappa shape index (κ3) is 3.28. The second kappa shape index (κ2) is 6.20. The zero-order valence-corrected chi connectivity index (χ0v) is 13.2. The molecule has 3 rings (SSSR count). The number of aromatic amines is 1. The Morgan fingerprint density at radius 1 is 1.09 bits per heavy atom. The molecule has 4 nitrogen and oxygen atoms in total. The van der Waals surface area contributed by atoms with Crippen LogP contribution in [0, 0.1) is 13.8 Å². The average Bonchev–Trinajstić information content (AvgIpc) is 2.96. The third-order valence-electron chi connectivity index (χ3n) is 3.34. The molecule has 5 heteroatoms. The summed E-state index contributed by atoms with van der Waals surface area (Å²) in [6.45, 7) is 4.34. The highest BCUT2D eigenvalue weighted by atomic mass is 35.5. The van der Waals surface area contributed by atoms with Crippen LogP contribution < -0.4 is 4.74 Å². The summed E-state index contributed by atoms with van der Waals surface area (Å²) in [4.78, 5) is 4.45. The lowest BCUT2D eigenvalue weighted by Gasteiger charge is -2.07. The molecule has 0 unspecified atom stereocenters. The van der Waals surface area contributed by atoms with Crippen molar-refractivity contribution in [3.8, 4) is 17.1 Å². The Hall–Kier alpha value is -2.33. The number of ether oxygens (including phenoxy) is 1. The van der Waals surface area contributed by atoms with E-state index in [-0.39, 0.29) is 0 Å². The van der Waals surface area contributed by atoms with E-state index in [0.717, 1.165) is 16.9 Å². The third-order valence-corrected chi connectivity index (χ3v) is 3.58. The van der Waals surface area contributed by atoms with E-state index in [2.05, 4.69) is 22.1 Å². The number of nitrogens with one attached hydrogen (secondary N) is 1.